The van der Waals surface area contributed by atoms with E-state index < -0.39 is 12.1 Å². The Morgan fingerprint density at radius 3 is 2.62 bits per heavy atom. The lowest BCUT2D eigenvalue weighted by Crippen LogP contribution is -2.40. The summed E-state index contributed by atoms with van der Waals surface area (Å²) in [7, 11) is 1.49. The van der Waals surface area contributed by atoms with Crippen molar-refractivity contribution in [2.45, 2.75) is 58.6 Å². The van der Waals surface area contributed by atoms with Crippen LogP contribution in [0.1, 0.15) is 72.4 Å². The maximum Gasteiger partial charge on any atom is 0.345 e. The van der Waals surface area contributed by atoms with Crippen LogP contribution in [-0.4, -0.2) is 74.5 Å². The Labute approximate surface area is 274 Å². The zero-order valence-electron chi connectivity index (χ0n) is 27.2. The lowest BCUT2D eigenvalue weighted by molar-refractivity contribution is -0.138. The van der Waals surface area contributed by atoms with Crippen LogP contribution in [0, 0.1) is 0 Å². The molecule has 11 nitrogen and oxygen atoms in total. The summed E-state index contributed by atoms with van der Waals surface area (Å²) < 4.78 is 12.2. The second-order valence-electron chi connectivity index (χ2n) is 11.7. The maximum absolute atomic E-state index is 12.5. The lowest BCUT2D eigenvalue weighted by atomic mass is 9.96. The van der Waals surface area contributed by atoms with Gasteiger partial charge in [0.05, 0.1) is 37.3 Å². The summed E-state index contributed by atoms with van der Waals surface area (Å²) in [4.78, 5) is 36.4. The van der Waals surface area contributed by atoms with Gasteiger partial charge in [0.15, 0.2) is 5.82 Å². The highest BCUT2D eigenvalue weighted by atomic mass is 16.5. The summed E-state index contributed by atoms with van der Waals surface area (Å²) in [6.45, 7) is 6.68. The van der Waals surface area contributed by atoms with E-state index in [-0.39, 0.29) is 30.0 Å². The minimum absolute atomic E-state index is 0.0401. The molecule has 244 valence electrons. The number of pyridine rings is 2. The normalized spacial score (nSPS) is 16.3. The number of esters is 1. The molecule has 0 spiro atoms. The van der Waals surface area contributed by atoms with Crippen molar-refractivity contribution >= 4 is 23.3 Å². The van der Waals surface area contributed by atoms with Crippen LogP contribution in [0.4, 0.5) is 5.82 Å². The topological polar surface area (TPSA) is 132 Å². The highest BCUT2D eigenvalue weighted by Gasteiger charge is 2.28. The maximum atomic E-state index is 12.5. The first-order valence-electron chi connectivity index (χ1n) is 16.1. The molecule has 11 heteroatoms. The summed E-state index contributed by atoms with van der Waals surface area (Å²) in [5, 5.41) is 17.8. The first-order valence-corrected chi connectivity index (χ1v) is 16.1. The van der Waals surface area contributed by atoms with E-state index in [1.165, 1.54) is 41.6 Å². The van der Waals surface area contributed by atoms with E-state index in [0.717, 1.165) is 54.0 Å². The minimum Gasteiger partial charge on any atom is -0.480 e. The Bertz CT molecular complexity index is 1830. The molecule has 4 aromatic rings. The molecule has 0 bridgehead atoms. The van der Waals surface area contributed by atoms with Crippen LogP contribution in [0.25, 0.3) is 22.6 Å². The average molecular weight is 637 g/mol. The molecule has 6 rings (SSSR count). The van der Waals surface area contributed by atoms with Crippen LogP contribution in [-0.2, 0) is 22.4 Å². The van der Waals surface area contributed by atoms with Gasteiger partial charge < -0.3 is 24.8 Å². The van der Waals surface area contributed by atoms with Crippen molar-refractivity contribution in [1.82, 2.24) is 24.6 Å². The third-order valence-corrected chi connectivity index (χ3v) is 8.74. The van der Waals surface area contributed by atoms with E-state index >= 15 is 0 Å². The van der Waals surface area contributed by atoms with E-state index in [1.807, 2.05) is 24.3 Å². The number of benzene rings is 1. The van der Waals surface area contributed by atoms with Crippen LogP contribution in [0.5, 0.6) is 5.88 Å². The third-order valence-electron chi connectivity index (χ3n) is 8.74. The first-order chi connectivity index (χ1) is 22.8. The number of fused-ring (bicyclic) bond motifs is 1. The van der Waals surface area contributed by atoms with Gasteiger partial charge >= 0.3 is 5.97 Å². The molecular weight excluding hydrogens is 596 g/mol. The predicted octanol–water partition coefficient (Wildman–Crippen LogP) is 5.17. The molecule has 2 aliphatic rings. The Morgan fingerprint density at radius 1 is 1.06 bits per heavy atom. The number of hydrogen-bond acceptors (Lipinski definition) is 9. The van der Waals surface area contributed by atoms with Gasteiger partial charge in [-0.3, -0.25) is 4.79 Å². The van der Waals surface area contributed by atoms with Crippen LogP contribution >= 0.6 is 0 Å². The Kier molecular flexibility index (Phi) is 9.35. The number of aliphatic hydroxyl groups is 1. The second kappa shape index (κ2) is 13.8. The molecule has 2 unspecified atom stereocenters. The number of nitrogens with one attached hydrogen (secondary N) is 1. The largest absolute Gasteiger partial charge is 0.480 e. The van der Waals surface area contributed by atoms with Crippen LogP contribution in [0.2, 0.25) is 0 Å². The number of ether oxygens (including phenoxy) is 2. The molecule has 0 fully saturated rings. The van der Waals surface area contributed by atoms with Gasteiger partial charge in [-0.05, 0) is 86.1 Å². The molecule has 1 amide bonds. The van der Waals surface area contributed by atoms with Gasteiger partial charge in [-0.15, -0.1) is 0 Å². The number of hydrogen-bond donors (Lipinski definition) is 2. The summed E-state index contributed by atoms with van der Waals surface area (Å²) in [6.07, 6.45) is 5.87. The standard InChI is InChI=1S/C36H40N6O5/c1-5-28-25(23-17-19-41(20-18-23)34(44)22(3)43)14-16-31(38-28)39-30-15-13-24-9-7-10-26(33(24)30)29-11-8-12-32(40-29)42-35(46-4)27(21-37-42)36(45)47-6-2/h7-12,14,16-17,21-22,30,43H,5-6,13,15,18-20H2,1-4H3,(H,38,39). The SMILES string of the molecule is CCOC(=O)c1cnn(-c2cccc(-c3cccc4c3C(Nc3ccc(C5=CCN(C(=O)C(C)O)CC5)c(CC)n3)CC4)n2)c1OC. The van der Waals surface area contributed by atoms with Gasteiger partial charge in [-0.1, -0.05) is 37.3 Å². The number of aliphatic hydroxyl groups excluding tert-OH is 1. The van der Waals surface area contributed by atoms with Crippen molar-refractivity contribution in [2.75, 3.05) is 32.1 Å². The lowest BCUT2D eigenvalue weighted by Gasteiger charge is -2.28. The van der Waals surface area contributed by atoms with Crippen LogP contribution in [0.3, 0.4) is 0 Å². The number of methoxy groups -OCH3 is 1. The fraction of sp³-hybridized carbons (Fsp3) is 0.361. The fourth-order valence-corrected chi connectivity index (χ4v) is 6.49. The zero-order chi connectivity index (χ0) is 33.1. The number of carbonyl (C=O) groups is 2. The number of aromatic nitrogens is 4. The Balaban J connectivity index is 1.26. The van der Waals surface area contributed by atoms with Gasteiger partial charge in [-0.2, -0.15) is 9.78 Å². The van der Waals surface area contributed by atoms with E-state index in [1.54, 1.807) is 11.8 Å². The number of anilines is 1. The smallest absolute Gasteiger partial charge is 0.345 e. The number of carbonyl (C=O) groups excluding carboxylic acids is 2. The molecule has 1 aliphatic heterocycles. The van der Waals surface area contributed by atoms with Crippen LogP contribution in [0.15, 0.2) is 60.8 Å². The number of rotatable bonds is 10. The van der Waals surface area contributed by atoms with Crippen molar-refractivity contribution in [3.63, 3.8) is 0 Å². The Hall–Kier alpha value is -5.03. The predicted molar refractivity (Wildman–Crippen MR) is 178 cm³/mol. The second-order valence-corrected chi connectivity index (χ2v) is 11.7. The zero-order valence-corrected chi connectivity index (χ0v) is 27.2. The molecule has 0 saturated heterocycles. The molecule has 47 heavy (non-hydrogen) atoms. The average Bonchev–Trinajstić information content (AvgIpc) is 3.72. The first kappa shape index (κ1) is 31.9. The van der Waals surface area contributed by atoms with Gasteiger partial charge in [-0.25, -0.2) is 14.8 Å². The molecule has 0 radical (unpaired) electrons. The summed E-state index contributed by atoms with van der Waals surface area (Å²) in [6, 6.07) is 16.3. The summed E-state index contributed by atoms with van der Waals surface area (Å²) in [5.41, 5.74) is 7.80. The molecular formula is C36H40N6O5. The molecule has 1 aromatic carbocycles. The highest BCUT2D eigenvalue weighted by molar-refractivity contribution is 5.92. The van der Waals surface area contributed by atoms with Crippen molar-refractivity contribution in [3.8, 4) is 23.0 Å². The van der Waals surface area contributed by atoms with Crippen molar-refractivity contribution < 1.29 is 24.2 Å². The van der Waals surface area contributed by atoms with Crippen molar-refractivity contribution in [2.24, 2.45) is 0 Å². The molecule has 4 heterocycles. The molecule has 0 saturated carbocycles. The molecule has 2 atom stereocenters. The van der Waals surface area contributed by atoms with Gasteiger partial charge in [0.25, 0.3) is 5.91 Å². The van der Waals surface area contributed by atoms with Gasteiger partial charge in [0, 0.05) is 18.7 Å². The van der Waals surface area contributed by atoms with E-state index in [2.05, 4.69) is 47.7 Å². The minimum atomic E-state index is -0.991. The number of amides is 1. The van der Waals surface area contributed by atoms with Crippen LogP contribution < -0.4 is 10.1 Å². The van der Waals surface area contributed by atoms with Gasteiger partial charge in [0.2, 0.25) is 5.88 Å². The molecule has 3 aromatic heterocycles. The van der Waals surface area contributed by atoms with Crippen molar-refractivity contribution in [3.05, 3.63) is 88.8 Å². The van der Waals surface area contributed by atoms with Gasteiger partial charge in [0.1, 0.15) is 17.5 Å². The summed E-state index contributed by atoms with van der Waals surface area (Å²) in [5.74, 6) is 0.865. The molecule has 1 aliphatic carbocycles. The van der Waals surface area contributed by atoms with E-state index in [9.17, 15) is 14.7 Å². The Morgan fingerprint density at radius 2 is 1.89 bits per heavy atom. The monoisotopic (exact) mass is 636 g/mol. The third kappa shape index (κ3) is 6.35. The number of nitrogens with zero attached hydrogens (tertiary/aromatic N) is 5. The fourth-order valence-electron chi connectivity index (χ4n) is 6.49. The molecule has 2 N–H and O–H groups in total. The quantitative estimate of drug-likeness (QED) is 0.226. The van der Waals surface area contributed by atoms with E-state index in [4.69, 9.17) is 19.4 Å². The summed E-state index contributed by atoms with van der Waals surface area (Å²) >= 11 is 0. The van der Waals surface area contributed by atoms with E-state index in [0.29, 0.717) is 18.9 Å². The van der Waals surface area contributed by atoms with Crippen molar-refractivity contribution in [1.29, 1.82) is 0 Å². The number of aryl methyl sites for hydroxylation is 2. The highest BCUT2D eigenvalue weighted by Crippen LogP contribution is 2.40.